The van der Waals surface area contributed by atoms with E-state index in [1.54, 1.807) is 32.1 Å². The number of rotatable bonds is 5. The molecular weight excluding hydrogens is 224 g/mol. The lowest BCUT2D eigenvalue weighted by atomic mass is 10.2. The summed E-state index contributed by atoms with van der Waals surface area (Å²) in [6.07, 6.45) is 1.33. The molecule has 17 heavy (non-hydrogen) atoms. The van der Waals surface area contributed by atoms with E-state index >= 15 is 0 Å². The highest BCUT2D eigenvalue weighted by Crippen LogP contribution is 2.12. The third-order valence-electron chi connectivity index (χ3n) is 2.29. The number of furan rings is 1. The van der Waals surface area contributed by atoms with Crippen LogP contribution in [0.5, 0.6) is 0 Å². The Hall–Kier alpha value is -1.82. The zero-order valence-corrected chi connectivity index (χ0v) is 10.1. The van der Waals surface area contributed by atoms with E-state index < -0.39 is 5.97 Å². The first kappa shape index (κ1) is 13.2. The molecule has 0 atom stereocenters. The minimum atomic E-state index is -1.10. The van der Waals surface area contributed by atoms with Crippen LogP contribution in [0.1, 0.15) is 16.1 Å². The largest absolute Gasteiger partial charge is 0.475 e. The highest BCUT2D eigenvalue weighted by atomic mass is 16.4. The van der Waals surface area contributed by atoms with E-state index in [1.165, 1.54) is 11.2 Å². The summed E-state index contributed by atoms with van der Waals surface area (Å²) in [4.78, 5) is 25.5. The first-order valence-corrected chi connectivity index (χ1v) is 5.10. The molecule has 0 unspecified atom stereocenters. The number of hydrogen-bond acceptors (Lipinski definition) is 4. The molecule has 0 bridgehead atoms. The van der Waals surface area contributed by atoms with Gasteiger partial charge in [0.2, 0.25) is 11.7 Å². The van der Waals surface area contributed by atoms with E-state index in [9.17, 15) is 9.59 Å². The predicted octanol–water partition coefficient (Wildman–Crippen LogP) is 0.498. The minimum absolute atomic E-state index is 0.0344. The van der Waals surface area contributed by atoms with Gasteiger partial charge < -0.3 is 14.4 Å². The Kier molecular flexibility index (Phi) is 4.28. The fourth-order valence-electron chi connectivity index (χ4n) is 1.37. The molecule has 6 heteroatoms. The van der Waals surface area contributed by atoms with Gasteiger partial charge in [-0.15, -0.1) is 0 Å². The molecule has 0 saturated heterocycles. The van der Waals surface area contributed by atoms with Crippen LogP contribution in [0.25, 0.3) is 0 Å². The molecule has 1 aromatic heterocycles. The summed E-state index contributed by atoms with van der Waals surface area (Å²) in [6.45, 7) is 0.592. The van der Waals surface area contributed by atoms with Crippen LogP contribution in [0.15, 0.2) is 16.7 Å². The Morgan fingerprint density at radius 2 is 2.00 bits per heavy atom. The standard InChI is InChI=1S/C11H16N2O4/c1-12(2)9(14)7-13(3)6-8-4-5-17-10(8)11(15)16/h4-5H,6-7H2,1-3H3,(H,15,16). The minimum Gasteiger partial charge on any atom is -0.475 e. The molecule has 0 aliphatic rings. The summed E-state index contributed by atoms with van der Waals surface area (Å²) >= 11 is 0. The van der Waals surface area contributed by atoms with E-state index in [0.717, 1.165) is 0 Å². The van der Waals surface area contributed by atoms with Gasteiger partial charge in [0, 0.05) is 26.2 Å². The Balaban J connectivity index is 2.62. The van der Waals surface area contributed by atoms with Crippen LogP contribution in [-0.4, -0.2) is 54.5 Å². The molecule has 0 spiro atoms. The number of aromatic carboxylic acids is 1. The lowest BCUT2D eigenvalue weighted by Gasteiger charge is -2.18. The number of hydrogen-bond donors (Lipinski definition) is 1. The lowest BCUT2D eigenvalue weighted by molar-refractivity contribution is -0.129. The number of likely N-dealkylation sites (N-methyl/N-ethyl adjacent to an activating group) is 2. The second-order valence-electron chi connectivity index (χ2n) is 4.04. The summed E-state index contributed by atoms with van der Waals surface area (Å²) in [7, 11) is 5.10. The number of carboxylic acids is 1. The van der Waals surface area contributed by atoms with Gasteiger partial charge in [-0.05, 0) is 13.1 Å². The van der Waals surface area contributed by atoms with Crippen molar-refractivity contribution in [3.8, 4) is 0 Å². The van der Waals surface area contributed by atoms with Crippen molar-refractivity contribution in [3.63, 3.8) is 0 Å². The van der Waals surface area contributed by atoms with Crippen LogP contribution in [-0.2, 0) is 11.3 Å². The summed E-state index contributed by atoms with van der Waals surface area (Å²) < 4.78 is 4.86. The molecule has 1 aromatic rings. The number of amides is 1. The van der Waals surface area contributed by atoms with Crippen LogP contribution in [0, 0.1) is 0 Å². The van der Waals surface area contributed by atoms with Crippen LogP contribution in [0.3, 0.4) is 0 Å². The molecular formula is C11H16N2O4. The van der Waals surface area contributed by atoms with Gasteiger partial charge in [-0.1, -0.05) is 0 Å². The fraction of sp³-hybridized carbons (Fsp3) is 0.455. The van der Waals surface area contributed by atoms with E-state index in [4.69, 9.17) is 9.52 Å². The lowest BCUT2D eigenvalue weighted by Crippen LogP contribution is -2.34. The Bertz CT molecular complexity index is 411. The van der Waals surface area contributed by atoms with Gasteiger partial charge in [-0.25, -0.2) is 4.79 Å². The SMILES string of the molecule is CN(CC(=O)N(C)C)Cc1ccoc1C(=O)O. The van der Waals surface area contributed by atoms with Gasteiger partial charge in [0.15, 0.2) is 0 Å². The van der Waals surface area contributed by atoms with Crippen molar-refractivity contribution in [2.45, 2.75) is 6.54 Å². The second-order valence-corrected chi connectivity index (χ2v) is 4.04. The molecule has 0 saturated carbocycles. The molecule has 0 aliphatic carbocycles. The van der Waals surface area contributed by atoms with Crippen LogP contribution >= 0.6 is 0 Å². The first-order chi connectivity index (χ1) is 7.91. The molecule has 1 amide bonds. The highest BCUT2D eigenvalue weighted by molar-refractivity contribution is 5.86. The van der Waals surface area contributed by atoms with Crippen LogP contribution < -0.4 is 0 Å². The average Bonchev–Trinajstić information content (AvgIpc) is 2.65. The van der Waals surface area contributed by atoms with Gasteiger partial charge in [-0.3, -0.25) is 9.69 Å². The monoisotopic (exact) mass is 240 g/mol. The topological polar surface area (TPSA) is 74.0 Å². The number of nitrogens with zero attached hydrogens (tertiary/aromatic N) is 2. The maximum atomic E-state index is 11.4. The van der Waals surface area contributed by atoms with E-state index in [1.807, 2.05) is 0 Å². The fourth-order valence-corrected chi connectivity index (χ4v) is 1.37. The Labute approximate surface area is 99.4 Å². The van der Waals surface area contributed by atoms with Gasteiger partial charge in [-0.2, -0.15) is 0 Å². The van der Waals surface area contributed by atoms with Crippen LogP contribution in [0.4, 0.5) is 0 Å². The van der Waals surface area contributed by atoms with Crippen molar-refractivity contribution >= 4 is 11.9 Å². The quantitative estimate of drug-likeness (QED) is 0.811. The molecule has 6 nitrogen and oxygen atoms in total. The Morgan fingerprint density at radius 3 is 2.53 bits per heavy atom. The summed E-state index contributed by atoms with van der Waals surface area (Å²) in [5.41, 5.74) is 0.562. The molecule has 1 heterocycles. The maximum absolute atomic E-state index is 11.4. The van der Waals surface area contributed by atoms with Crippen molar-refractivity contribution in [2.24, 2.45) is 0 Å². The maximum Gasteiger partial charge on any atom is 0.372 e. The normalized spacial score (nSPS) is 10.6. The van der Waals surface area contributed by atoms with Crippen molar-refractivity contribution in [3.05, 3.63) is 23.7 Å². The summed E-state index contributed by atoms with van der Waals surface area (Å²) in [5, 5.41) is 8.85. The van der Waals surface area contributed by atoms with E-state index in [0.29, 0.717) is 12.1 Å². The number of carbonyl (C=O) groups is 2. The molecule has 94 valence electrons. The first-order valence-electron chi connectivity index (χ1n) is 5.10. The van der Waals surface area contributed by atoms with Crippen molar-refractivity contribution in [1.82, 2.24) is 9.80 Å². The van der Waals surface area contributed by atoms with Gasteiger partial charge in [0.1, 0.15) is 0 Å². The summed E-state index contributed by atoms with van der Waals surface area (Å²) in [6, 6.07) is 1.60. The van der Waals surface area contributed by atoms with E-state index in [2.05, 4.69) is 0 Å². The number of carboxylic acid groups (broad SMARTS) is 1. The zero-order chi connectivity index (χ0) is 13.0. The molecule has 0 fully saturated rings. The van der Waals surface area contributed by atoms with Gasteiger partial charge in [0.25, 0.3) is 0 Å². The summed E-state index contributed by atoms with van der Waals surface area (Å²) in [5.74, 6) is -1.21. The average molecular weight is 240 g/mol. The van der Waals surface area contributed by atoms with Gasteiger partial charge >= 0.3 is 5.97 Å². The van der Waals surface area contributed by atoms with E-state index in [-0.39, 0.29) is 18.2 Å². The predicted molar refractivity (Wildman–Crippen MR) is 60.7 cm³/mol. The third kappa shape index (κ3) is 3.60. The van der Waals surface area contributed by atoms with Crippen LogP contribution in [0.2, 0.25) is 0 Å². The number of carbonyl (C=O) groups excluding carboxylic acids is 1. The van der Waals surface area contributed by atoms with Crippen molar-refractivity contribution in [1.29, 1.82) is 0 Å². The zero-order valence-electron chi connectivity index (χ0n) is 10.1. The Morgan fingerprint density at radius 1 is 1.35 bits per heavy atom. The molecule has 0 radical (unpaired) electrons. The molecule has 1 rings (SSSR count). The second kappa shape index (κ2) is 5.49. The molecule has 0 aromatic carbocycles. The molecule has 1 N–H and O–H groups in total. The highest BCUT2D eigenvalue weighted by Gasteiger charge is 2.16. The smallest absolute Gasteiger partial charge is 0.372 e. The molecule has 0 aliphatic heterocycles. The van der Waals surface area contributed by atoms with Crippen molar-refractivity contribution < 1.29 is 19.1 Å². The van der Waals surface area contributed by atoms with Gasteiger partial charge in [0.05, 0.1) is 12.8 Å². The third-order valence-corrected chi connectivity index (χ3v) is 2.29. The van der Waals surface area contributed by atoms with Crippen molar-refractivity contribution in [2.75, 3.05) is 27.7 Å².